The number of rotatable bonds is 5. The van der Waals surface area contributed by atoms with Gasteiger partial charge in [-0.15, -0.1) is 0 Å². The van der Waals surface area contributed by atoms with E-state index in [4.69, 9.17) is 5.73 Å². The summed E-state index contributed by atoms with van der Waals surface area (Å²) in [5.41, 5.74) is 8.02. The van der Waals surface area contributed by atoms with Crippen LogP contribution in [0.4, 0.5) is 24.5 Å². The van der Waals surface area contributed by atoms with Gasteiger partial charge in [0.05, 0.1) is 16.9 Å². The van der Waals surface area contributed by atoms with Crippen molar-refractivity contribution < 1.29 is 18.0 Å². The maximum Gasteiger partial charge on any atom is 0.416 e. The second-order valence-corrected chi connectivity index (χ2v) is 10.3. The molecular formula is C30H32F3N3O. The molecule has 3 N–H and O–H groups in total. The molecule has 0 bridgehead atoms. The molecular weight excluding hydrogens is 475 g/mol. The van der Waals surface area contributed by atoms with Crippen molar-refractivity contribution in [2.75, 3.05) is 24.1 Å². The lowest BCUT2D eigenvalue weighted by molar-refractivity contribution is -0.137. The Balaban J connectivity index is 1.16. The summed E-state index contributed by atoms with van der Waals surface area (Å²) in [5, 5.41) is 2.52. The van der Waals surface area contributed by atoms with Gasteiger partial charge in [0.2, 0.25) is 0 Å². The van der Waals surface area contributed by atoms with E-state index in [2.05, 4.69) is 40.5 Å². The van der Waals surface area contributed by atoms with Crippen LogP contribution in [0.1, 0.15) is 71.0 Å². The highest BCUT2D eigenvalue weighted by Gasteiger charge is 2.33. The SMILES string of the molecule is Nc1ccc(C(F)(F)F)cc1NC(=O)c1ccc(C2CCC(N3CCC(c4ccccc4)CC3)C2)cc1. The van der Waals surface area contributed by atoms with Crippen LogP contribution >= 0.6 is 0 Å². The van der Waals surface area contributed by atoms with Gasteiger partial charge in [0.1, 0.15) is 0 Å². The average molecular weight is 508 g/mol. The first-order chi connectivity index (χ1) is 17.8. The van der Waals surface area contributed by atoms with Crippen LogP contribution in [0.15, 0.2) is 72.8 Å². The number of piperidine rings is 1. The van der Waals surface area contributed by atoms with E-state index >= 15 is 0 Å². The van der Waals surface area contributed by atoms with Crippen molar-refractivity contribution in [3.8, 4) is 0 Å². The average Bonchev–Trinajstić information content (AvgIpc) is 3.40. The first-order valence-corrected chi connectivity index (χ1v) is 12.9. The molecule has 194 valence electrons. The molecule has 5 rings (SSSR count). The summed E-state index contributed by atoms with van der Waals surface area (Å²) in [5.74, 6) is 0.621. The lowest BCUT2D eigenvalue weighted by atomic mass is 9.88. The van der Waals surface area contributed by atoms with Gasteiger partial charge in [0.15, 0.2) is 0 Å². The Hall–Kier alpha value is -3.32. The number of carbonyl (C=O) groups is 1. The number of nitrogens with zero attached hydrogens (tertiary/aromatic N) is 1. The lowest BCUT2D eigenvalue weighted by Crippen LogP contribution is -2.39. The topological polar surface area (TPSA) is 58.4 Å². The summed E-state index contributed by atoms with van der Waals surface area (Å²) in [6, 6.07) is 21.7. The molecule has 3 aromatic carbocycles. The van der Waals surface area contributed by atoms with Gasteiger partial charge in [0.25, 0.3) is 5.91 Å². The standard InChI is InChI=1S/C30H32F3N3O/c31-30(32,33)25-11-13-27(34)28(19-25)35-29(37)23-8-6-21(7-9-23)24-10-12-26(18-24)36-16-14-22(15-17-36)20-4-2-1-3-5-20/h1-9,11,13,19,22,24,26H,10,12,14-18,34H2,(H,35,37). The minimum Gasteiger partial charge on any atom is -0.397 e. The van der Waals surface area contributed by atoms with Crippen LogP contribution in [0.3, 0.4) is 0 Å². The zero-order valence-corrected chi connectivity index (χ0v) is 20.7. The number of nitrogen functional groups attached to an aromatic ring is 1. The second-order valence-electron chi connectivity index (χ2n) is 10.3. The van der Waals surface area contributed by atoms with Gasteiger partial charge in [0, 0.05) is 11.6 Å². The first kappa shape index (κ1) is 25.3. The van der Waals surface area contributed by atoms with Crippen LogP contribution < -0.4 is 11.1 Å². The highest BCUT2D eigenvalue weighted by atomic mass is 19.4. The number of anilines is 2. The molecule has 1 aliphatic carbocycles. The zero-order chi connectivity index (χ0) is 26.0. The maximum atomic E-state index is 13.0. The quantitative estimate of drug-likeness (QED) is 0.364. The van der Waals surface area contributed by atoms with Gasteiger partial charge >= 0.3 is 6.18 Å². The monoisotopic (exact) mass is 507 g/mol. The van der Waals surface area contributed by atoms with Crippen LogP contribution in [0.5, 0.6) is 0 Å². The van der Waals surface area contributed by atoms with Crippen molar-refractivity contribution in [2.24, 2.45) is 0 Å². The molecule has 1 saturated heterocycles. The fourth-order valence-corrected chi connectivity index (χ4v) is 5.86. The minimum atomic E-state index is -4.51. The number of amides is 1. The Morgan fingerprint density at radius 3 is 2.19 bits per heavy atom. The normalized spacial score (nSPS) is 21.2. The Bertz CT molecular complexity index is 1220. The van der Waals surface area contributed by atoms with E-state index in [0.29, 0.717) is 23.4 Å². The van der Waals surface area contributed by atoms with Gasteiger partial charge in [-0.3, -0.25) is 4.79 Å². The molecule has 0 spiro atoms. The number of halogens is 3. The number of nitrogens with one attached hydrogen (secondary N) is 1. The Morgan fingerprint density at radius 2 is 1.51 bits per heavy atom. The van der Waals surface area contributed by atoms with Crippen LogP contribution in [0.2, 0.25) is 0 Å². The van der Waals surface area contributed by atoms with E-state index in [1.807, 2.05) is 12.1 Å². The third kappa shape index (κ3) is 5.82. The van der Waals surface area contributed by atoms with Gasteiger partial charge in [-0.05, 0) is 98.5 Å². The molecule has 7 heteroatoms. The summed E-state index contributed by atoms with van der Waals surface area (Å²) in [4.78, 5) is 15.3. The number of benzene rings is 3. The molecule has 1 aliphatic heterocycles. The molecule has 1 amide bonds. The van der Waals surface area contributed by atoms with E-state index in [-0.39, 0.29) is 11.4 Å². The Kier molecular flexibility index (Phi) is 7.24. The molecule has 2 unspecified atom stereocenters. The molecule has 2 fully saturated rings. The predicted molar refractivity (Wildman–Crippen MR) is 141 cm³/mol. The highest BCUT2D eigenvalue weighted by Crippen LogP contribution is 2.39. The number of carbonyl (C=O) groups excluding carboxylic acids is 1. The van der Waals surface area contributed by atoms with Crippen molar-refractivity contribution >= 4 is 17.3 Å². The van der Waals surface area contributed by atoms with Crippen LogP contribution in [0.25, 0.3) is 0 Å². The molecule has 1 heterocycles. The molecule has 4 nitrogen and oxygen atoms in total. The third-order valence-corrected chi connectivity index (χ3v) is 7.99. The van der Waals surface area contributed by atoms with Crippen LogP contribution in [-0.2, 0) is 6.18 Å². The molecule has 1 saturated carbocycles. The van der Waals surface area contributed by atoms with Gasteiger partial charge in [-0.25, -0.2) is 0 Å². The molecule has 2 atom stereocenters. The number of nitrogens with two attached hydrogens (primary N) is 1. The predicted octanol–water partition coefficient (Wildman–Crippen LogP) is 7.06. The van der Waals surface area contributed by atoms with Crippen LogP contribution in [0, 0.1) is 0 Å². The van der Waals surface area contributed by atoms with Gasteiger partial charge < -0.3 is 16.0 Å². The largest absolute Gasteiger partial charge is 0.416 e. The molecule has 2 aliphatic rings. The smallest absolute Gasteiger partial charge is 0.397 e. The Morgan fingerprint density at radius 1 is 0.838 bits per heavy atom. The second kappa shape index (κ2) is 10.6. The van der Waals surface area contributed by atoms with E-state index in [1.54, 1.807) is 12.1 Å². The maximum absolute atomic E-state index is 13.0. The van der Waals surface area contributed by atoms with Crippen molar-refractivity contribution in [3.05, 3.63) is 95.1 Å². The number of likely N-dealkylation sites (tertiary alicyclic amines) is 1. The minimum absolute atomic E-state index is 0.0430. The van der Waals surface area contributed by atoms with E-state index < -0.39 is 17.6 Å². The van der Waals surface area contributed by atoms with Crippen molar-refractivity contribution in [2.45, 2.75) is 56.2 Å². The summed E-state index contributed by atoms with van der Waals surface area (Å²) in [7, 11) is 0. The van der Waals surface area contributed by atoms with Gasteiger partial charge in [-0.1, -0.05) is 42.5 Å². The first-order valence-electron chi connectivity index (χ1n) is 12.9. The van der Waals surface area contributed by atoms with Crippen molar-refractivity contribution in [1.82, 2.24) is 4.90 Å². The lowest BCUT2D eigenvalue weighted by Gasteiger charge is -2.36. The molecule has 3 aromatic rings. The van der Waals surface area contributed by atoms with Gasteiger partial charge in [-0.2, -0.15) is 13.2 Å². The number of alkyl halides is 3. The molecule has 0 radical (unpaired) electrons. The van der Waals surface area contributed by atoms with E-state index in [0.717, 1.165) is 44.1 Å². The summed E-state index contributed by atoms with van der Waals surface area (Å²) < 4.78 is 39.1. The summed E-state index contributed by atoms with van der Waals surface area (Å²) in [6.45, 7) is 2.27. The van der Waals surface area contributed by atoms with E-state index in [1.165, 1.54) is 30.4 Å². The van der Waals surface area contributed by atoms with Crippen molar-refractivity contribution in [1.29, 1.82) is 0 Å². The molecule has 0 aromatic heterocycles. The Labute approximate surface area is 215 Å². The highest BCUT2D eigenvalue weighted by molar-refractivity contribution is 6.05. The number of hydrogen-bond donors (Lipinski definition) is 2. The summed E-state index contributed by atoms with van der Waals surface area (Å²) >= 11 is 0. The van der Waals surface area contributed by atoms with Crippen molar-refractivity contribution in [3.63, 3.8) is 0 Å². The fraction of sp³-hybridized carbons (Fsp3) is 0.367. The summed E-state index contributed by atoms with van der Waals surface area (Å²) in [6.07, 6.45) is 1.30. The molecule has 37 heavy (non-hydrogen) atoms. The van der Waals surface area contributed by atoms with Crippen LogP contribution in [-0.4, -0.2) is 29.9 Å². The number of hydrogen-bond acceptors (Lipinski definition) is 3. The zero-order valence-electron chi connectivity index (χ0n) is 20.7. The van der Waals surface area contributed by atoms with E-state index in [9.17, 15) is 18.0 Å². The fourth-order valence-electron chi connectivity index (χ4n) is 5.86. The third-order valence-electron chi connectivity index (χ3n) is 7.99.